The van der Waals surface area contributed by atoms with Gasteiger partial charge in [-0.3, -0.25) is 14.8 Å². The second-order valence-corrected chi connectivity index (χ2v) is 6.16. The molecule has 2 aliphatic rings. The molecule has 1 amide bonds. The maximum Gasteiger partial charge on any atom is 0.291 e. The van der Waals surface area contributed by atoms with Gasteiger partial charge in [-0.15, -0.1) is 5.10 Å². The number of nitrogens with zero attached hydrogens (tertiary/aromatic N) is 3. The lowest BCUT2D eigenvalue weighted by Gasteiger charge is -2.35. The van der Waals surface area contributed by atoms with Gasteiger partial charge in [0, 0.05) is 25.0 Å². The first kappa shape index (κ1) is 14.5. The topological polar surface area (TPSA) is 83.1 Å². The molecular formula is C14H23N5O2. The predicted octanol–water partition coefficient (Wildman–Crippen LogP) is 0.521. The highest BCUT2D eigenvalue weighted by molar-refractivity contribution is 5.90. The number of carbonyl (C=O) groups excluding carboxylic acids is 1. The molecule has 1 aromatic heterocycles. The van der Waals surface area contributed by atoms with Crippen molar-refractivity contribution in [2.75, 3.05) is 26.2 Å². The van der Waals surface area contributed by atoms with E-state index in [1.165, 1.54) is 12.8 Å². The van der Waals surface area contributed by atoms with E-state index >= 15 is 0 Å². The Morgan fingerprint density at radius 3 is 3.19 bits per heavy atom. The summed E-state index contributed by atoms with van der Waals surface area (Å²) in [5.74, 6) is 0.917. The summed E-state index contributed by atoms with van der Waals surface area (Å²) in [6.45, 7) is 7.34. The van der Waals surface area contributed by atoms with Gasteiger partial charge in [-0.2, -0.15) is 0 Å². The third-order valence-corrected chi connectivity index (χ3v) is 4.20. The Bertz CT molecular complexity index is 501. The van der Waals surface area contributed by atoms with Gasteiger partial charge in [0.05, 0.1) is 12.7 Å². The third kappa shape index (κ3) is 3.24. The number of aromatic nitrogens is 3. The summed E-state index contributed by atoms with van der Waals surface area (Å²) in [5.41, 5.74) is 0. The molecule has 3 heterocycles. The van der Waals surface area contributed by atoms with Gasteiger partial charge >= 0.3 is 0 Å². The smallest absolute Gasteiger partial charge is 0.291 e. The number of aromatic amines is 1. The molecule has 2 aliphatic heterocycles. The molecule has 21 heavy (non-hydrogen) atoms. The number of rotatable bonds is 4. The van der Waals surface area contributed by atoms with E-state index in [1.807, 2.05) is 13.8 Å². The molecule has 0 aliphatic carbocycles. The number of hydrogen-bond acceptors (Lipinski definition) is 5. The normalized spacial score (nSPS) is 26.0. The van der Waals surface area contributed by atoms with Crippen molar-refractivity contribution < 1.29 is 9.53 Å². The summed E-state index contributed by atoms with van der Waals surface area (Å²) in [5, 5.41) is 9.61. The van der Waals surface area contributed by atoms with Crippen LogP contribution in [0.2, 0.25) is 0 Å². The van der Waals surface area contributed by atoms with Crippen LogP contribution in [-0.2, 0) is 4.74 Å². The monoisotopic (exact) mass is 293 g/mol. The molecule has 2 unspecified atom stereocenters. The zero-order valence-corrected chi connectivity index (χ0v) is 12.6. The fourth-order valence-corrected chi connectivity index (χ4v) is 2.93. The number of carbonyl (C=O) groups is 1. The van der Waals surface area contributed by atoms with Crippen molar-refractivity contribution >= 4 is 5.91 Å². The van der Waals surface area contributed by atoms with Crippen LogP contribution in [0.25, 0.3) is 0 Å². The minimum atomic E-state index is -0.245. The standard InChI is InChI=1S/C14H23N5O2/c1-9(2)12-16-13(18-17-12)14(20)15-6-11-7-19-5-3-4-10(19)8-21-11/h9-11H,3-8H2,1-2H3,(H,15,20)(H,16,17,18). The van der Waals surface area contributed by atoms with Crippen LogP contribution in [-0.4, -0.2) is 64.4 Å². The van der Waals surface area contributed by atoms with Crippen LogP contribution >= 0.6 is 0 Å². The molecule has 0 spiro atoms. The largest absolute Gasteiger partial charge is 0.373 e. The van der Waals surface area contributed by atoms with E-state index < -0.39 is 0 Å². The fourth-order valence-electron chi connectivity index (χ4n) is 2.93. The number of nitrogens with one attached hydrogen (secondary N) is 2. The average molecular weight is 293 g/mol. The molecular weight excluding hydrogens is 270 g/mol. The van der Waals surface area contributed by atoms with Crippen molar-refractivity contribution in [3.8, 4) is 0 Å². The van der Waals surface area contributed by atoms with E-state index in [1.54, 1.807) is 0 Å². The van der Waals surface area contributed by atoms with E-state index in [2.05, 4.69) is 25.4 Å². The van der Waals surface area contributed by atoms with E-state index in [9.17, 15) is 4.79 Å². The number of hydrogen-bond donors (Lipinski definition) is 2. The van der Waals surface area contributed by atoms with Gasteiger partial charge in [-0.1, -0.05) is 13.8 Å². The Labute approximate surface area is 124 Å². The second-order valence-electron chi connectivity index (χ2n) is 6.16. The third-order valence-electron chi connectivity index (χ3n) is 4.20. The molecule has 2 atom stereocenters. The maximum atomic E-state index is 12.0. The quantitative estimate of drug-likeness (QED) is 0.845. The molecule has 7 nitrogen and oxygen atoms in total. The van der Waals surface area contributed by atoms with Crippen molar-refractivity contribution in [2.24, 2.45) is 0 Å². The number of ether oxygens (including phenoxy) is 1. The zero-order valence-electron chi connectivity index (χ0n) is 12.6. The fraction of sp³-hybridized carbons (Fsp3) is 0.786. The van der Waals surface area contributed by atoms with E-state index in [0.29, 0.717) is 12.6 Å². The van der Waals surface area contributed by atoms with Crippen LogP contribution in [0.5, 0.6) is 0 Å². The van der Waals surface area contributed by atoms with Crippen LogP contribution in [0, 0.1) is 0 Å². The van der Waals surface area contributed by atoms with Crippen molar-refractivity contribution in [3.63, 3.8) is 0 Å². The summed E-state index contributed by atoms with van der Waals surface area (Å²) in [7, 11) is 0. The summed E-state index contributed by atoms with van der Waals surface area (Å²) < 4.78 is 5.82. The molecule has 0 radical (unpaired) electrons. The van der Waals surface area contributed by atoms with Crippen LogP contribution in [0.4, 0.5) is 0 Å². The van der Waals surface area contributed by atoms with Crippen LogP contribution in [0.1, 0.15) is 49.1 Å². The van der Waals surface area contributed by atoms with Crippen LogP contribution in [0.3, 0.4) is 0 Å². The highest BCUT2D eigenvalue weighted by Crippen LogP contribution is 2.22. The Balaban J connectivity index is 1.49. The first-order valence-electron chi connectivity index (χ1n) is 7.69. The number of H-pyrrole nitrogens is 1. The van der Waals surface area contributed by atoms with E-state index in [-0.39, 0.29) is 23.8 Å². The van der Waals surface area contributed by atoms with Crippen molar-refractivity contribution in [3.05, 3.63) is 11.6 Å². The van der Waals surface area contributed by atoms with Gasteiger partial charge in [0.1, 0.15) is 5.82 Å². The molecule has 0 saturated carbocycles. The van der Waals surface area contributed by atoms with Crippen LogP contribution in [0.15, 0.2) is 0 Å². The lowest BCUT2D eigenvalue weighted by molar-refractivity contribution is -0.0462. The Morgan fingerprint density at radius 1 is 1.57 bits per heavy atom. The summed E-state index contributed by atoms with van der Waals surface area (Å²) >= 11 is 0. The predicted molar refractivity (Wildman–Crippen MR) is 77.1 cm³/mol. The van der Waals surface area contributed by atoms with Gasteiger partial charge < -0.3 is 10.1 Å². The molecule has 2 N–H and O–H groups in total. The molecule has 0 aromatic carbocycles. The Hall–Kier alpha value is -1.47. The molecule has 116 valence electrons. The minimum absolute atomic E-state index is 0.0619. The van der Waals surface area contributed by atoms with Crippen molar-refractivity contribution in [1.82, 2.24) is 25.4 Å². The van der Waals surface area contributed by atoms with E-state index in [4.69, 9.17) is 4.74 Å². The lowest BCUT2D eigenvalue weighted by atomic mass is 10.2. The van der Waals surface area contributed by atoms with Gasteiger partial charge in [0.2, 0.25) is 5.82 Å². The Kier molecular flexibility index (Phi) is 4.21. The lowest BCUT2D eigenvalue weighted by Crippen LogP contribution is -2.50. The summed E-state index contributed by atoms with van der Waals surface area (Å²) in [6.07, 6.45) is 2.54. The molecule has 1 aromatic rings. The highest BCUT2D eigenvalue weighted by Gasteiger charge is 2.32. The first-order valence-corrected chi connectivity index (χ1v) is 7.69. The highest BCUT2D eigenvalue weighted by atomic mass is 16.5. The Morgan fingerprint density at radius 2 is 2.43 bits per heavy atom. The zero-order chi connectivity index (χ0) is 14.8. The number of amides is 1. The van der Waals surface area contributed by atoms with Gasteiger partial charge in [0.25, 0.3) is 5.91 Å². The van der Waals surface area contributed by atoms with Crippen LogP contribution < -0.4 is 5.32 Å². The molecule has 0 bridgehead atoms. The maximum absolute atomic E-state index is 12.0. The van der Waals surface area contributed by atoms with Gasteiger partial charge in [0.15, 0.2) is 0 Å². The van der Waals surface area contributed by atoms with E-state index in [0.717, 1.165) is 25.5 Å². The summed E-state index contributed by atoms with van der Waals surface area (Å²) in [6, 6.07) is 0.582. The SMILES string of the molecule is CC(C)c1nc(C(=O)NCC2CN3CCCC3CO2)n[nH]1. The minimum Gasteiger partial charge on any atom is -0.373 e. The molecule has 7 heteroatoms. The van der Waals surface area contributed by atoms with Gasteiger partial charge in [-0.25, -0.2) is 4.98 Å². The average Bonchev–Trinajstić information content (AvgIpc) is 3.12. The molecule has 2 saturated heterocycles. The number of fused-ring (bicyclic) bond motifs is 1. The van der Waals surface area contributed by atoms with Gasteiger partial charge in [-0.05, 0) is 19.4 Å². The number of morpholine rings is 1. The first-order chi connectivity index (χ1) is 10.1. The summed E-state index contributed by atoms with van der Waals surface area (Å²) in [4.78, 5) is 18.7. The van der Waals surface area contributed by atoms with Crippen molar-refractivity contribution in [2.45, 2.75) is 44.8 Å². The second kappa shape index (κ2) is 6.11. The van der Waals surface area contributed by atoms with Crippen molar-refractivity contribution in [1.29, 1.82) is 0 Å². The molecule has 2 fully saturated rings. The molecule has 3 rings (SSSR count).